The molecule has 2 unspecified atom stereocenters. The average Bonchev–Trinajstić information content (AvgIpc) is 2.75. The van der Waals surface area contributed by atoms with Crippen LogP contribution in [-0.4, -0.2) is 36.3 Å². The van der Waals surface area contributed by atoms with E-state index in [1.165, 1.54) is 0 Å². The van der Waals surface area contributed by atoms with Gasteiger partial charge in [0.15, 0.2) is 11.5 Å². The van der Waals surface area contributed by atoms with Crippen LogP contribution in [0.4, 0.5) is 0 Å². The summed E-state index contributed by atoms with van der Waals surface area (Å²) in [6.45, 7) is 2.21. The Bertz CT molecular complexity index is 1080. The minimum atomic E-state index is -0.718. The van der Waals surface area contributed by atoms with Crippen LogP contribution in [0.25, 0.3) is 10.9 Å². The summed E-state index contributed by atoms with van der Waals surface area (Å²) < 4.78 is 17.2. The summed E-state index contributed by atoms with van der Waals surface area (Å²) in [6.07, 6.45) is 0.622. The van der Waals surface area contributed by atoms with Crippen LogP contribution < -0.4 is 19.5 Å². The highest BCUT2D eigenvalue weighted by molar-refractivity contribution is 5.84. The monoisotopic (exact) mass is 388 g/mol. The van der Waals surface area contributed by atoms with Gasteiger partial charge in [0.25, 0.3) is 5.91 Å². The van der Waals surface area contributed by atoms with Gasteiger partial charge in [0, 0.05) is 11.6 Å². The fraction of sp³-hybridized carbons (Fsp3) is 0.217. The van der Waals surface area contributed by atoms with Crippen LogP contribution in [0.5, 0.6) is 17.2 Å². The van der Waals surface area contributed by atoms with E-state index in [2.05, 4.69) is 22.1 Å². The number of para-hydroxylation sites is 3. The van der Waals surface area contributed by atoms with Gasteiger partial charge < -0.3 is 19.5 Å². The van der Waals surface area contributed by atoms with Gasteiger partial charge in [-0.1, -0.05) is 42.2 Å². The summed E-state index contributed by atoms with van der Waals surface area (Å²) in [5, 5.41) is 3.77. The summed E-state index contributed by atoms with van der Waals surface area (Å²) in [6, 6.07) is 16.9. The quantitative estimate of drug-likeness (QED) is 0.696. The lowest BCUT2D eigenvalue weighted by Crippen LogP contribution is -2.49. The molecule has 3 aromatic rings. The Kier molecular flexibility index (Phi) is 5.48. The molecule has 0 spiro atoms. The number of pyridine rings is 1. The molecule has 1 aliphatic rings. The molecule has 2 aromatic carbocycles. The number of ether oxygens (including phenoxy) is 3. The third kappa shape index (κ3) is 4.25. The molecule has 0 fully saturated rings. The highest BCUT2D eigenvalue weighted by Gasteiger charge is 2.33. The number of benzene rings is 2. The maximum atomic E-state index is 12.4. The molecule has 1 N–H and O–H groups in total. The molecule has 6 heteroatoms. The molecule has 2 heterocycles. The van der Waals surface area contributed by atoms with Crippen molar-refractivity contribution in [1.29, 1.82) is 0 Å². The molecule has 1 aliphatic heterocycles. The third-order valence-corrected chi connectivity index (χ3v) is 4.47. The predicted octanol–water partition coefficient (Wildman–Crippen LogP) is 2.96. The molecule has 4 rings (SSSR count). The number of fused-ring (bicyclic) bond motifs is 2. The van der Waals surface area contributed by atoms with Crippen LogP contribution in [0.1, 0.15) is 6.92 Å². The normalized spacial score (nSPS) is 17.1. The first-order valence-corrected chi connectivity index (χ1v) is 9.35. The first kappa shape index (κ1) is 18.6. The van der Waals surface area contributed by atoms with Gasteiger partial charge in [-0.2, -0.15) is 0 Å². The van der Waals surface area contributed by atoms with Crippen LogP contribution in [0.3, 0.4) is 0 Å². The summed E-state index contributed by atoms with van der Waals surface area (Å²) >= 11 is 0. The lowest BCUT2D eigenvalue weighted by Gasteiger charge is -2.30. The summed E-state index contributed by atoms with van der Waals surface area (Å²) in [4.78, 5) is 16.7. The van der Waals surface area contributed by atoms with E-state index < -0.39 is 6.10 Å². The van der Waals surface area contributed by atoms with Crippen molar-refractivity contribution in [3.05, 3.63) is 60.8 Å². The first-order valence-electron chi connectivity index (χ1n) is 9.35. The molecule has 0 saturated heterocycles. The molecule has 0 radical (unpaired) electrons. The van der Waals surface area contributed by atoms with Crippen LogP contribution >= 0.6 is 0 Å². The zero-order valence-electron chi connectivity index (χ0n) is 15.9. The van der Waals surface area contributed by atoms with Gasteiger partial charge in [0.05, 0.1) is 6.54 Å². The molecule has 0 bridgehead atoms. The minimum Gasteiger partial charge on any atom is -0.482 e. The van der Waals surface area contributed by atoms with Gasteiger partial charge in [0.2, 0.25) is 6.10 Å². The van der Waals surface area contributed by atoms with Gasteiger partial charge >= 0.3 is 0 Å². The van der Waals surface area contributed by atoms with E-state index >= 15 is 0 Å². The van der Waals surface area contributed by atoms with Crippen LogP contribution in [-0.2, 0) is 4.79 Å². The third-order valence-electron chi connectivity index (χ3n) is 4.47. The first-order chi connectivity index (χ1) is 14.2. The van der Waals surface area contributed by atoms with Crippen molar-refractivity contribution >= 4 is 16.8 Å². The van der Waals surface area contributed by atoms with Crippen molar-refractivity contribution in [3.8, 4) is 29.1 Å². The van der Waals surface area contributed by atoms with Crippen LogP contribution in [0, 0.1) is 11.8 Å². The van der Waals surface area contributed by atoms with Gasteiger partial charge in [-0.25, -0.2) is 0 Å². The topological polar surface area (TPSA) is 69.7 Å². The average molecular weight is 388 g/mol. The van der Waals surface area contributed by atoms with Crippen molar-refractivity contribution in [3.63, 3.8) is 0 Å². The summed E-state index contributed by atoms with van der Waals surface area (Å²) in [5.74, 6) is 7.41. The molecule has 0 aliphatic carbocycles. The Morgan fingerprint density at radius 2 is 1.86 bits per heavy atom. The Hall–Kier alpha value is -3.72. The lowest BCUT2D eigenvalue weighted by molar-refractivity contribution is -0.133. The van der Waals surface area contributed by atoms with E-state index in [0.717, 1.165) is 10.9 Å². The van der Waals surface area contributed by atoms with Crippen molar-refractivity contribution in [2.24, 2.45) is 0 Å². The number of aromatic nitrogens is 1. The SMILES string of the molecule is CC1Oc2ccccc2OC1C(=O)NCC#CCOc1cccc2cccnc12. The Labute approximate surface area is 168 Å². The standard InChI is InChI=1S/C23H20N2O4/c1-16-22(29-19-11-3-2-10-18(19)28-16)23(26)25-13-4-5-15-27-20-12-6-8-17-9-7-14-24-21(17)20/h2-3,6-12,14,16,22H,13,15H2,1H3,(H,25,26). The second-order valence-corrected chi connectivity index (χ2v) is 6.50. The molecule has 29 heavy (non-hydrogen) atoms. The number of nitrogens with zero attached hydrogens (tertiary/aromatic N) is 1. The van der Waals surface area contributed by atoms with Crippen molar-refractivity contribution < 1.29 is 19.0 Å². The van der Waals surface area contributed by atoms with Crippen molar-refractivity contribution in [2.75, 3.05) is 13.2 Å². The molecule has 1 aromatic heterocycles. The van der Waals surface area contributed by atoms with Gasteiger partial charge in [0.1, 0.15) is 24.0 Å². The molecule has 0 saturated carbocycles. The van der Waals surface area contributed by atoms with Crippen LogP contribution in [0.2, 0.25) is 0 Å². The maximum Gasteiger partial charge on any atom is 0.265 e. The van der Waals surface area contributed by atoms with Crippen molar-refractivity contribution in [2.45, 2.75) is 19.1 Å². The molecule has 1 amide bonds. The lowest BCUT2D eigenvalue weighted by atomic mass is 10.1. The fourth-order valence-corrected chi connectivity index (χ4v) is 3.06. The maximum absolute atomic E-state index is 12.4. The zero-order chi connectivity index (χ0) is 20.1. The number of nitrogens with one attached hydrogen (secondary N) is 1. The zero-order valence-corrected chi connectivity index (χ0v) is 15.9. The molecule has 6 nitrogen and oxygen atoms in total. The smallest absolute Gasteiger partial charge is 0.265 e. The second-order valence-electron chi connectivity index (χ2n) is 6.50. The Morgan fingerprint density at radius 1 is 1.07 bits per heavy atom. The predicted molar refractivity (Wildman–Crippen MR) is 109 cm³/mol. The van der Waals surface area contributed by atoms with E-state index in [0.29, 0.717) is 17.2 Å². The molecule has 2 atom stereocenters. The Balaban J connectivity index is 1.28. The molecule has 146 valence electrons. The van der Waals surface area contributed by atoms with E-state index in [-0.39, 0.29) is 25.2 Å². The van der Waals surface area contributed by atoms with E-state index in [4.69, 9.17) is 14.2 Å². The Morgan fingerprint density at radius 3 is 2.72 bits per heavy atom. The molecular formula is C23H20N2O4. The highest BCUT2D eigenvalue weighted by atomic mass is 16.6. The second kappa shape index (κ2) is 8.53. The van der Waals surface area contributed by atoms with E-state index in [9.17, 15) is 4.79 Å². The number of amides is 1. The van der Waals surface area contributed by atoms with Crippen LogP contribution in [0.15, 0.2) is 60.8 Å². The van der Waals surface area contributed by atoms with Gasteiger partial charge in [-0.05, 0) is 31.2 Å². The van der Waals surface area contributed by atoms with Crippen molar-refractivity contribution in [1.82, 2.24) is 10.3 Å². The number of carbonyl (C=O) groups is 1. The number of hydrogen-bond donors (Lipinski definition) is 1. The summed E-state index contributed by atoms with van der Waals surface area (Å²) in [7, 11) is 0. The van der Waals surface area contributed by atoms with Gasteiger partial charge in [-0.3, -0.25) is 9.78 Å². The fourth-order valence-electron chi connectivity index (χ4n) is 3.06. The highest BCUT2D eigenvalue weighted by Crippen LogP contribution is 2.33. The molecular weight excluding hydrogens is 368 g/mol. The summed E-state index contributed by atoms with van der Waals surface area (Å²) in [5.41, 5.74) is 0.800. The number of hydrogen-bond acceptors (Lipinski definition) is 5. The van der Waals surface area contributed by atoms with E-state index in [1.807, 2.05) is 48.5 Å². The van der Waals surface area contributed by atoms with Gasteiger partial charge in [-0.15, -0.1) is 0 Å². The largest absolute Gasteiger partial charge is 0.482 e. The number of carbonyl (C=O) groups excluding carboxylic acids is 1. The number of rotatable bonds is 4. The minimum absolute atomic E-state index is 0.199. The van der Waals surface area contributed by atoms with E-state index in [1.54, 1.807) is 19.2 Å².